The zero-order valence-electron chi connectivity index (χ0n) is 15.0. The predicted octanol–water partition coefficient (Wildman–Crippen LogP) is 3.64. The summed E-state index contributed by atoms with van der Waals surface area (Å²) < 4.78 is 44.6. The summed E-state index contributed by atoms with van der Waals surface area (Å²) in [6, 6.07) is 0. The van der Waals surface area contributed by atoms with Gasteiger partial charge in [0, 0.05) is 5.03 Å². The minimum absolute atomic E-state index is 0.0443. The van der Waals surface area contributed by atoms with Crippen molar-refractivity contribution in [1.82, 2.24) is 14.5 Å². The molecule has 7 nitrogen and oxygen atoms in total. The van der Waals surface area contributed by atoms with Gasteiger partial charge in [-0.05, 0) is 31.6 Å². The van der Waals surface area contributed by atoms with Crippen molar-refractivity contribution in [3.8, 4) is 0 Å². The molecular formula is C17H18ClFN4O3S2. The van der Waals surface area contributed by atoms with Crippen LogP contribution in [0.5, 0.6) is 0 Å². The number of sulfonamides is 1. The average Bonchev–Trinajstić information content (AvgIpc) is 3.08. The zero-order chi connectivity index (χ0) is 20.1. The number of rotatable bonds is 7. The second-order valence-corrected chi connectivity index (χ2v) is 9.48. The van der Waals surface area contributed by atoms with Crippen LogP contribution in [0.15, 0.2) is 50.5 Å². The summed E-state index contributed by atoms with van der Waals surface area (Å²) in [5, 5.41) is 8.47. The molecule has 0 bridgehead atoms. The molecule has 28 heavy (non-hydrogen) atoms. The molecule has 1 aliphatic heterocycles. The van der Waals surface area contributed by atoms with Gasteiger partial charge in [-0.2, -0.15) is 0 Å². The van der Waals surface area contributed by atoms with E-state index in [1.165, 1.54) is 16.1 Å². The third-order valence-corrected chi connectivity index (χ3v) is 6.91. The smallest absolute Gasteiger partial charge is 0.254 e. The van der Waals surface area contributed by atoms with Crippen molar-refractivity contribution < 1.29 is 17.2 Å². The molecule has 1 aliphatic carbocycles. The Hall–Kier alpha value is -1.91. The first-order valence-electron chi connectivity index (χ1n) is 8.47. The zero-order valence-corrected chi connectivity index (χ0v) is 17.4. The van der Waals surface area contributed by atoms with Gasteiger partial charge in [-0.1, -0.05) is 35.5 Å². The molecule has 0 aromatic carbocycles. The van der Waals surface area contributed by atoms with Gasteiger partial charge in [0.1, 0.15) is 0 Å². The molecule has 2 heterocycles. The van der Waals surface area contributed by atoms with Gasteiger partial charge in [-0.3, -0.25) is 9.30 Å². The normalized spacial score (nSPS) is 17.4. The summed E-state index contributed by atoms with van der Waals surface area (Å²) in [6.45, 7) is 1.12. The van der Waals surface area contributed by atoms with E-state index in [0.717, 1.165) is 0 Å². The molecule has 0 N–H and O–H groups in total. The fourth-order valence-corrected chi connectivity index (χ4v) is 4.72. The minimum Gasteiger partial charge on any atom is -0.417 e. The number of thioether (sulfide) groups is 1. The lowest BCUT2D eigenvalue weighted by molar-refractivity contribution is 0.377. The highest BCUT2D eigenvalue weighted by atomic mass is 35.5. The molecule has 0 radical (unpaired) electrons. The molecule has 0 spiro atoms. The third-order valence-electron chi connectivity index (χ3n) is 3.85. The van der Waals surface area contributed by atoms with Crippen molar-refractivity contribution in [3.05, 3.63) is 52.9 Å². The lowest BCUT2D eigenvalue weighted by Crippen LogP contribution is -2.35. The summed E-state index contributed by atoms with van der Waals surface area (Å²) in [5.74, 6) is 0.0179. The Kier molecular flexibility index (Phi) is 6.73. The minimum atomic E-state index is -3.57. The largest absolute Gasteiger partial charge is 0.417 e. The van der Waals surface area contributed by atoms with Crippen molar-refractivity contribution in [2.24, 2.45) is 4.99 Å². The van der Waals surface area contributed by atoms with Gasteiger partial charge in [0.2, 0.25) is 15.9 Å². The summed E-state index contributed by atoms with van der Waals surface area (Å²) in [4.78, 5) is 5.01. The summed E-state index contributed by atoms with van der Waals surface area (Å²) in [6.07, 6.45) is 9.39. The summed E-state index contributed by atoms with van der Waals surface area (Å²) >= 11 is 7.36. The van der Waals surface area contributed by atoms with Crippen LogP contribution in [0.3, 0.4) is 0 Å². The highest BCUT2D eigenvalue weighted by molar-refractivity contribution is 8.21. The van der Waals surface area contributed by atoms with Gasteiger partial charge in [-0.15, -0.1) is 10.2 Å². The Morgan fingerprint density at radius 1 is 1.36 bits per heavy atom. The lowest BCUT2D eigenvalue weighted by atomic mass is 10.3. The third kappa shape index (κ3) is 4.92. The SMILES string of the molecule is CCS(=O)(=O)N(CC1=NCC=C(c2nnc(CF)o2)S1)C1=CC(Cl)=CCC=C1. The van der Waals surface area contributed by atoms with E-state index >= 15 is 0 Å². The number of alkyl halides is 1. The van der Waals surface area contributed by atoms with Crippen LogP contribution in [0.2, 0.25) is 0 Å². The Morgan fingerprint density at radius 3 is 2.89 bits per heavy atom. The maximum Gasteiger partial charge on any atom is 0.254 e. The van der Waals surface area contributed by atoms with Gasteiger partial charge in [0.05, 0.1) is 34.5 Å². The molecule has 0 atom stereocenters. The predicted molar refractivity (Wildman–Crippen MR) is 109 cm³/mol. The van der Waals surface area contributed by atoms with E-state index < -0.39 is 16.7 Å². The molecule has 11 heteroatoms. The lowest BCUT2D eigenvalue weighted by Gasteiger charge is -2.26. The Balaban J connectivity index is 1.83. The topological polar surface area (TPSA) is 88.7 Å². The van der Waals surface area contributed by atoms with Crippen LogP contribution in [-0.2, 0) is 16.7 Å². The first-order valence-corrected chi connectivity index (χ1v) is 11.3. The number of hydrogen-bond donors (Lipinski definition) is 0. The van der Waals surface area contributed by atoms with Crippen molar-refractivity contribution in [2.45, 2.75) is 20.0 Å². The standard InChI is InChI=1S/C17H18ClFN4O3S2/c1-2-28(24,25)23(13-6-4-3-5-12(18)9-13)11-16-20-8-7-14(27-16)17-22-21-15(10-19)26-17/h4-7,9H,2-3,8,10-11H2,1H3. The number of halogens is 2. The van der Waals surface area contributed by atoms with E-state index in [2.05, 4.69) is 15.2 Å². The van der Waals surface area contributed by atoms with Crippen LogP contribution in [-0.4, -0.2) is 46.8 Å². The Bertz CT molecular complexity index is 996. The number of nitrogens with zero attached hydrogens (tertiary/aromatic N) is 4. The van der Waals surface area contributed by atoms with Crippen LogP contribution in [0.4, 0.5) is 4.39 Å². The van der Waals surface area contributed by atoms with E-state index in [0.29, 0.717) is 33.6 Å². The Labute approximate surface area is 171 Å². The maximum atomic E-state index is 12.7. The highest BCUT2D eigenvalue weighted by Crippen LogP contribution is 2.32. The molecule has 150 valence electrons. The van der Waals surface area contributed by atoms with E-state index in [4.69, 9.17) is 16.0 Å². The van der Waals surface area contributed by atoms with Crippen LogP contribution in [0, 0.1) is 0 Å². The molecule has 2 aliphatic rings. The quantitative estimate of drug-likeness (QED) is 0.637. The summed E-state index contributed by atoms with van der Waals surface area (Å²) in [7, 11) is -3.57. The number of aromatic nitrogens is 2. The monoisotopic (exact) mass is 444 g/mol. The van der Waals surface area contributed by atoms with Crippen molar-refractivity contribution in [2.75, 3.05) is 18.8 Å². The molecule has 3 rings (SSSR count). The molecule has 0 amide bonds. The van der Waals surface area contributed by atoms with Gasteiger partial charge < -0.3 is 4.42 Å². The maximum absolute atomic E-state index is 12.7. The van der Waals surface area contributed by atoms with Crippen LogP contribution in [0.25, 0.3) is 4.91 Å². The fraction of sp³-hybridized carbons (Fsp3) is 0.353. The second kappa shape index (κ2) is 9.06. The fourth-order valence-electron chi connectivity index (χ4n) is 2.45. The average molecular weight is 445 g/mol. The second-order valence-electron chi connectivity index (χ2n) is 5.74. The first-order chi connectivity index (χ1) is 13.4. The van der Waals surface area contributed by atoms with Gasteiger partial charge in [0.25, 0.3) is 5.89 Å². The Morgan fingerprint density at radius 2 is 2.18 bits per heavy atom. The van der Waals surface area contributed by atoms with E-state index in [1.807, 2.05) is 6.08 Å². The number of aliphatic imine (C=N–C) groups is 1. The molecule has 0 fully saturated rings. The van der Waals surface area contributed by atoms with E-state index in [9.17, 15) is 12.8 Å². The van der Waals surface area contributed by atoms with Crippen molar-refractivity contribution in [3.63, 3.8) is 0 Å². The van der Waals surface area contributed by atoms with Gasteiger partial charge in [0.15, 0.2) is 6.67 Å². The molecule has 1 aromatic heterocycles. The van der Waals surface area contributed by atoms with Crippen LogP contribution < -0.4 is 0 Å². The molecule has 0 saturated heterocycles. The van der Waals surface area contributed by atoms with E-state index in [-0.39, 0.29) is 24.1 Å². The number of hydrogen-bond acceptors (Lipinski definition) is 7. The summed E-state index contributed by atoms with van der Waals surface area (Å²) in [5.41, 5.74) is 0.470. The van der Waals surface area contributed by atoms with E-state index in [1.54, 1.807) is 31.2 Å². The van der Waals surface area contributed by atoms with Crippen molar-refractivity contribution >= 4 is 43.3 Å². The van der Waals surface area contributed by atoms with Crippen molar-refractivity contribution in [1.29, 1.82) is 0 Å². The van der Waals surface area contributed by atoms with Gasteiger partial charge >= 0.3 is 0 Å². The molecule has 0 unspecified atom stereocenters. The molecule has 0 saturated carbocycles. The van der Waals surface area contributed by atoms with Crippen LogP contribution in [0.1, 0.15) is 25.1 Å². The van der Waals surface area contributed by atoms with Crippen LogP contribution >= 0.6 is 23.4 Å². The molecule has 1 aromatic rings. The first kappa shape index (κ1) is 20.8. The number of allylic oxidation sites excluding steroid dienone is 5. The molecular weight excluding hydrogens is 427 g/mol. The van der Waals surface area contributed by atoms with Gasteiger partial charge in [-0.25, -0.2) is 12.8 Å². The highest BCUT2D eigenvalue weighted by Gasteiger charge is 2.26.